The Balaban J connectivity index is 2.19. The number of rotatable bonds is 6. The number of aromatic nitrogens is 1. The van der Waals surface area contributed by atoms with Crippen molar-refractivity contribution in [2.75, 3.05) is 21.3 Å². The molecule has 1 unspecified atom stereocenters. The van der Waals surface area contributed by atoms with Gasteiger partial charge in [0.15, 0.2) is 0 Å². The number of para-hydroxylation sites is 1. The Morgan fingerprint density at radius 1 is 1.10 bits per heavy atom. The molecule has 2 aromatic rings. The van der Waals surface area contributed by atoms with Crippen LogP contribution in [0.3, 0.4) is 0 Å². The molecule has 0 saturated heterocycles. The molecule has 0 radical (unpaired) electrons. The molecule has 0 fully saturated rings. The summed E-state index contributed by atoms with van der Waals surface area (Å²) in [5.41, 5.74) is 2.30. The van der Waals surface area contributed by atoms with E-state index in [4.69, 9.17) is 9.47 Å². The first-order valence-corrected chi connectivity index (χ1v) is 6.57. The van der Waals surface area contributed by atoms with Crippen molar-refractivity contribution in [3.63, 3.8) is 0 Å². The second-order valence-corrected chi connectivity index (χ2v) is 4.50. The standard InChI is InChI=1S/C16H20N2O2/c1-17-14(13-6-4-5-7-15(13)19-2)10-12-8-9-16(20-3)18-11-12/h4-9,11,14,17H,10H2,1-3H3. The van der Waals surface area contributed by atoms with E-state index in [1.807, 2.05) is 43.6 Å². The lowest BCUT2D eigenvalue weighted by Gasteiger charge is -2.19. The van der Waals surface area contributed by atoms with Crippen LogP contribution in [0.2, 0.25) is 0 Å². The second-order valence-electron chi connectivity index (χ2n) is 4.50. The maximum absolute atomic E-state index is 5.43. The van der Waals surface area contributed by atoms with Gasteiger partial charge in [-0.3, -0.25) is 0 Å². The maximum Gasteiger partial charge on any atom is 0.212 e. The molecule has 20 heavy (non-hydrogen) atoms. The van der Waals surface area contributed by atoms with E-state index in [9.17, 15) is 0 Å². The van der Waals surface area contributed by atoms with Crippen molar-refractivity contribution in [1.82, 2.24) is 10.3 Å². The van der Waals surface area contributed by atoms with Gasteiger partial charge in [-0.1, -0.05) is 24.3 Å². The summed E-state index contributed by atoms with van der Waals surface area (Å²) in [5, 5.41) is 3.33. The topological polar surface area (TPSA) is 43.4 Å². The third kappa shape index (κ3) is 3.27. The number of hydrogen-bond acceptors (Lipinski definition) is 4. The Morgan fingerprint density at radius 2 is 1.90 bits per heavy atom. The summed E-state index contributed by atoms with van der Waals surface area (Å²) >= 11 is 0. The number of likely N-dealkylation sites (N-methyl/N-ethyl adjacent to an activating group) is 1. The zero-order valence-electron chi connectivity index (χ0n) is 12.1. The smallest absolute Gasteiger partial charge is 0.212 e. The molecule has 0 amide bonds. The zero-order chi connectivity index (χ0) is 14.4. The first-order valence-electron chi connectivity index (χ1n) is 6.57. The van der Waals surface area contributed by atoms with E-state index < -0.39 is 0 Å². The van der Waals surface area contributed by atoms with Crippen LogP contribution in [-0.4, -0.2) is 26.3 Å². The number of nitrogens with zero attached hydrogens (tertiary/aromatic N) is 1. The average Bonchev–Trinajstić information content (AvgIpc) is 2.53. The molecule has 0 aliphatic rings. The molecule has 1 N–H and O–H groups in total. The second kappa shape index (κ2) is 6.91. The molecule has 1 aromatic heterocycles. The van der Waals surface area contributed by atoms with E-state index in [0.717, 1.165) is 23.3 Å². The van der Waals surface area contributed by atoms with Gasteiger partial charge in [0.05, 0.1) is 14.2 Å². The minimum Gasteiger partial charge on any atom is -0.496 e. The average molecular weight is 272 g/mol. The van der Waals surface area contributed by atoms with Crippen molar-refractivity contribution in [3.8, 4) is 11.6 Å². The summed E-state index contributed by atoms with van der Waals surface area (Å²) in [6.07, 6.45) is 2.69. The first-order chi connectivity index (χ1) is 9.78. The van der Waals surface area contributed by atoms with Gasteiger partial charge in [-0.15, -0.1) is 0 Å². The summed E-state index contributed by atoms with van der Waals surface area (Å²) in [5.74, 6) is 1.53. The number of nitrogens with one attached hydrogen (secondary N) is 1. The molecule has 0 saturated carbocycles. The number of hydrogen-bond donors (Lipinski definition) is 1. The molecular formula is C16H20N2O2. The fourth-order valence-corrected chi connectivity index (χ4v) is 2.21. The van der Waals surface area contributed by atoms with Crippen molar-refractivity contribution in [3.05, 3.63) is 53.7 Å². The lowest BCUT2D eigenvalue weighted by Crippen LogP contribution is -2.19. The SMILES string of the molecule is CNC(Cc1ccc(OC)nc1)c1ccccc1OC. The van der Waals surface area contributed by atoms with Crippen LogP contribution in [0.4, 0.5) is 0 Å². The van der Waals surface area contributed by atoms with E-state index >= 15 is 0 Å². The van der Waals surface area contributed by atoms with Gasteiger partial charge in [0.1, 0.15) is 5.75 Å². The van der Waals surface area contributed by atoms with E-state index in [-0.39, 0.29) is 6.04 Å². The van der Waals surface area contributed by atoms with Gasteiger partial charge in [-0.2, -0.15) is 0 Å². The lowest BCUT2D eigenvalue weighted by atomic mass is 9.99. The Morgan fingerprint density at radius 3 is 2.50 bits per heavy atom. The van der Waals surface area contributed by atoms with Crippen LogP contribution in [0.1, 0.15) is 17.2 Å². The van der Waals surface area contributed by atoms with Crippen molar-refractivity contribution in [2.24, 2.45) is 0 Å². The molecule has 1 heterocycles. The van der Waals surface area contributed by atoms with Crippen LogP contribution in [0.15, 0.2) is 42.6 Å². The highest BCUT2D eigenvalue weighted by atomic mass is 16.5. The fraction of sp³-hybridized carbons (Fsp3) is 0.312. The first kappa shape index (κ1) is 14.3. The lowest BCUT2D eigenvalue weighted by molar-refractivity contribution is 0.396. The van der Waals surface area contributed by atoms with Gasteiger partial charge in [0.2, 0.25) is 5.88 Å². The van der Waals surface area contributed by atoms with E-state index in [1.54, 1.807) is 14.2 Å². The van der Waals surface area contributed by atoms with Gasteiger partial charge < -0.3 is 14.8 Å². The Labute approximate surface area is 119 Å². The van der Waals surface area contributed by atoms with Crippen LogP contribution >= 0.6 is 0 Å². The molecule has 0 spiro atoms. The molecule has 1 aromatic carbocycles. The number of methoxy groups -OCH3 is 2. The maximum atomic E-state index is 5.43. The number of benzene rings is 1. The fourth-order valence-electron chi connectivity index (χ4n) is 2.21. The summed E-state index contributed by atoms with van der Waals surface area (Å²) in [7, 11) is 5.27. The highest BCUT2D eigenvalue weighted by molar-refractivity contribution is 5.37. The summed E-state index contributed by atoms with van der Waals surface area (Å²) in [4.78, 5) is 4.24. The van der Waals surface area contributed by atoms with Crippen LogP contribution in [0.5, 0.6) is 11.6 Å². The van der Waals surface area contributed by atoms with Crippen LogP contribution in [0.25, 0.3) is 0 Å². The molecule has 0 aliphatic heterocycles. The molecule has 4 nitrogen and oxygen atoms in total. The van der Waals surface area contributed by atoms with Crippen molar-refractivity contribution in [1.29, 1.82) is 0 Å². The number of ether oxygens (including phenoxy) is 2. The molecule has 0 aliphatic carbocycles. The van der Waals surface area contributed by atoms with Gasteiger partial charge in [-0.05, 0) is 25.1 Å². The van der Waals surface area contributed by atoms with Gasteiger partial charge in [-0.25, -0.2) is 4.98 Å². The Bertz CT molecular complexity index is 540. The van der Waals surface area contributed by atoms with E-state index in [1.165, 1.54) is 0 Å². The summed E-state index contributed by atoms with van der Waals surface area (Å²) < 4.78 is 10.5. The highest BCUT2D eigenvalue weighted by Crippen LogP contribution is 2.27. The largest absolute Gasteiger partial charge is 0.496 e. The molecular weight excluding hydrogens is 252 g/mol. The molecule has 0 bridgehead atoms. The number of pyridine rings is 1. The monoisotopic (exact) mass is 272 g/mol. The predicted molar refractivity (Wildman–Crippen MR) is 79.3 cm³/mol. The van der Waals surface area contributed by atoms with Gasteiger partial charge >= 0.3 is 0 Å². The van der Waals surface area contributed by atoms with Gasteiger partial charge in [0.25, 0.3) is 0 Å². The Kier molecular flexibility index (Phi) is 4.96. The molecule has 4 heteroatoms. The minimum absolute atomic E-state index is 0.182. The quantitative estimate of drug-likeness (QED) is 0.878. The van der Waals surface area contributed by atoms with Crippen molar-refractivity contribution < 1.29 is 9.47 Å². The van der Waals surface area contributed by atoms with Crippen LogP contribution in [-0.2, 0) is 6.42 Å². The Hall–Kier alpha value is -2.07. The van der Waals surface area contributed by atoms with Crippen molar-refractivity contribution in [2.45, 2.75) is 12.5 Å². The third-order valence-electron chi connectivity index (χ3n) is 3.31. The zero-order valence-corrected chi connectivity index (χ0v) is 12.1. The molecule has 1 atom stereocenters. The predicted octanol–water partition coefficient (Wildman–Crippen LogP) is 2.60. The summed E-state index contributed by atoms with van der Waals surface area (Å²) in [6.45, 7) is 0. The molecule has 106 valence electrons. The van der Waals surface area contributed by atoms with E-state index in [0.29, 0.717) is 5.88 Å². The minimum atomic E-state index is 0.182. The third-order valence-corrected chi connectivity index (χ3v) is 3.31. The highest BCUT2D eigenvalue weighted by Gasteiger charge is 2.14. The normalized spacial score (nSPS) is 11.9. The van der Waals surface area contributed by atoms with Gasteiger partial charge in [0, 0.05) is 23.9 Å². The van der Waals surface area contributed by atoms with E-state index in [2.05, 4.69) is 16.4 Å². The van der Waals surface area contributed by atoms with Crippen molar-refractivity contribution >= 4 is 0 Å². The molecule has 2 rings (SSSR count). The summed E-state index contributed by atoms with van der Waals surface area (Å²) in [6, 6.07) is 12.2. The van der Waals surface area contributed by atoms with Crippen LogP contribution in [0, 0.1) is 0 Å². The van der Waals surface area contributed by atoms with Crippen LogP contribution < -0.4 is 14.8 Å².